The minimum atomic E-state index is -0.966. The Morgan fingerprint density at radius 3 is 2.60 bits per heavy atom. The molecule has 0 saturated carbocycles. The van der Waals surface area contributed by atoms with Gasteiger partial charge in [0.15, 0.2) is 0 Å². The molecule has 2 N–H and O–H groups in total. The molecule has 0 radical (unpaired) electrons. The van der Waals surface area contributed by atoms with E-state index in [2.05, 4.69) is 9.97 Å². The van der Waals surface area contributed by atoms with E-state index in [1.165, 1.54) is 4.90 Å². The molecular formula is C15H12N2O2S. The Morgan fingerprint density at radius 2 is 1.95 bits per heavy atom. The Hall–Kier alpha value is -2.27. The molecule has 0 bridgehead atoms. The van der Waals surface area contributed by atoms with Crippen LogP contribution in [0.15, 0.2) is 47.4 Å². The van der Waals surface area contributed by atoms with Crippen LogP contribution in [0.4, 0.5) is 0 Å². The van der Waals surface area contributed by atoms with E-state index in [4.69, 9.17) is 0 Å². The van der Waals surface area contributed by atoms with E-state index in [0.717, 1.165) is 11.1 Å². The lowest BCUT2D eigenvalue weighted by atomic mass is 10.2. The SMILES string of the molecule is CSc1ccc(-c2nc3c(C(=O)O)cccc3[nH]2)cc1. The first-order valence-electron chi connectivity index (χ1n) is 6.05. The number of thioether (sulfide) groups is 1. The number of benzene rings is 2. The fraction of sp³-hybridized carbons (Fsp3) is 0.0667. The zero-order chi connectivity index (χ0) is 14.1. The molecule has 4 nitrogen and oxygen atoms in total. The van der Waals surface area contributed by atoms with Crippen LogP contribution >= 0.6 is 11.8 Å². The zero-order valence-corrected chi connectivity index (χ0v) is 11.6. The maximum atomic E-state index is 11.2. The van der Waals surface area contributed by atoms with Crippen molar-refractivity contribution in [2.24, 2.45) is 0 Å². The number of fused-ring (bicyclic) bond motifs is 1. The summed E-state index contributed by atoms with van der Waals surface area (Å²) >= 11 is 1.68. The van der Waals surface area contributed by atoms with Gasteiger partial charge in [0, 0.05) is 10.5 Å². The van der Waals surface area contributed by atoms with Gasteiger partial charge in [0.05, 0.1) is 11.1 Å². The predicted molar refractivity (Wildman–Crippen MR) is 80.3 cm³/mol. The Balaban J connectivity index is 2.12. The average Bonchev–Trinajstić information content (AvgIpc) is 2.90. The molecule has 0 aliphatic carbocycles. The predicted octanol–water partition coefficient (Wildman–Crippen LogP) is 3.65. The monoisotopic (exact) mass is 284 g/mol. The number of para-hydroxylation sites is 1. The average molecular weight is 284 g/mol. The standard InChI is InChI=1S/C15H12N2O2S/c1-20-10-7-5-9(6-8-10)14-16-12-4-2-3-11(15(18)19)13(12)17-14/h2-8H,1H3,(H,16,17)(H,18,19). The second-order valence-corrected chi connectivity index (χ2v) is 5.20. The lowest BCUT2D eigenvalue weighted by Gasteiger charge is -1.98. The number of nitrogens with one attached hydrogen (secondary N) is 1. The largest absolute Gasteiger partial charge is 0.478 e. The summed E-state index contributed by atoms with van der Waals surface area (Å²) in [6.45, 7) is 0. The third-order valence-electron chi connectivity index (χ3n) is 3.11. The van der Waals surface area contributed by atoms with Crippen LogP contribution in [-0.2, 0) is 0 Å². The third kappa shape index (κ3) is 2.16. The number of hydrogen-bond acceptors (Lipinski definition) is 3. The van der Waals surface area contributed by atoms with Crippen LogP contribution in [0.1, 0.15) is 10.4 Å². The summed E-state index contributed by atoms with van der Waals surface area (Å²) in [5.74, 6) is -0.285. The number of aromatic nitrogens is 2. The van der Waals surface area contributed by atoms with Crippen molar-refractivity contribution in [2.75, 3.05) is 6.26 Å². The third-order valence-corrected chi connectivity index (χ3v) is 3.85. The summed E-state index contributed by atoms with van der Waals surface area (Å²) in [7, 11) is 0. The van der Waals surface area contributed by atoms with Crippen LogP contribution in [0.25, 0.3) is 22.4 Å². The quantitative estimate of drug-likeness (QED) is 0.720. The number of rotatable bonds is 3. The Bertz CT molecular complexity index is 778. The molecule has 5 heteroatoms. The highest BCUT2D eigenvalue weighted by Crippen LogP contribution is 2.24. The van der Waals surface area contributed by atoms with E-state index in [0.29, 0.717) is 11.3 Å². The maximum absolute atomic E-state index is 11.2. The number of carbonyl (C=O) groups is 1. The first-order valence-corrected chi connectivity index (χ1v) is 7.28. The van der Waals surface area contributed by atoms with Gasteiger partial charge in [-0.1, -0.05) is 18.2 Å². The van der Waals surface area contributed by atoms with E-state index in [-0.39, 0.29) is 5.56 Å². The lowest BCUT2D eigenvalue weighted by Crippen LogP contribution is -1.96. The van der Waals surface area contributed by atoms with Gasteiger partial charge in [0.2, 0.25) is 0 Å². The minimum absolute atomic E-state index is 0.214. The molecule has 1 aromatic heterocycles. The highest BCUT2D eigenvalue weighted by Gasteiger charge is 2.13. The molecule has 3 rings (SSSR count). The van der Waals surface area contributed by atoms with Gasteiger partial charge in [0.1, 0.15) is 11.3 Å². The van der Waals surface area contributed by atoms with Gasteiger partial charge in [-0.25, -0.2) is 9.78 Å². The summed E-state index contributed by atoms with van der Waals surface area (Å²) in [5.41, 5.74) is 2.37. The highest BCUT2D eigenvalue weighted by atomic mass is 32.2. The molecule has 0 aliphatic heterocycles. The van der Waals surface area contributed by atoms with Gasteiger partial charge in [-0.15, -0.1) is 11.8 Å². The van der Waals surface area contributed by atoms with E-state index >= 15 is 0 Å². The van der Waals surface area contributed by atoms with Crippen LogP contribution in [0.3, 0.4) is 0 Å². The van der Waals surface area contributed by atoms with Crippen molar-refractivity contribution < 1.29 is 9.90 Å². The number of carboxylic acid groups (broad SMARTS) is 1. The number of carboxylic acids is 1. The van der Waals surface area contributed by atoms with Crippen molar-refractivity contribution in [3.05, 3.63) is 48.0 Å². The summed E-state index contributed by atoms with van der Waals surface area (Å²) in [6.07, 6.45) is 2.02. The van der Waals surface area contributed by atoms with Gasteiger partial charge in [-0.2, -0.15) is 0 Å². The first-order chi connectivity index (χ1) is 9.69. The highest BCUT2D eigenvalue weighted by molar-refractivity contribution is 7.98. The zero-order valence-electron chi connectivity index (χ0n) is 10.8. The molecular weight excluding hydrogens is 272 g/mol. The van der Waals surface area contributed by atoms with Gasteiger partial charge in [-0.05, 0) is 30.5 Å². The maximum Gasteiger partial charge on any atom is 0.337 e. The molecule has 20 heavy (non-hydrogen) atoms. The molecule has 0 saturated heterocycles. The summed E-state index contributed by atoms with van der Waals surface area (Å²) in [4.78, 5) is 19.9. The van der Waals surface area contributed by atoms with Crippen molar-refractivity contribution in [2.45, 2.75) is 4.90 Å². The normalized spacial score (nSPS) is 10.8. The van der Waals surface area contributed by atoms with Gasteiger partial charge in [0.25, 0.3) is 0 Å². The first kappa shape index (κ1) is 12.7. The van der Waals surface area contributed by atoms with E-state index in [1.54, 1.807) is 23.9 Å². The number of aromatic amines is 1. The van der Waals surface area contributed by atoms with Crippen LogP contribution in [0.5, 0.6) is 0 Å². The Kier molecular flexibility index (Phi) is 3.20. The Morgan fingerprint density at radius 1 is 1.20 bits per heavy atom. The molecule has 3 aromatic rings. The smallest absolute Gasteiger partial charge is 0.337 e. The second kappa shape index (κ2) is 5.02. The van der Waals surface area contributed by atoms with Gasteiger partial charge in [-0.3, -0.25) is 0 Å². The van der Waals surface area contributed by atoms with Crippen LogP contribution in [0, 0.1) is 0 Å². The number of hydrogen-bond donors (Lipinski definition) is 2. The molecule has 0 fully saturated rings. The number of nitrogens with zero attached hydrogens (tertiary/aromatic N) is 1. The molecule has 0 amide bonds. The molecule has 0 atom stereocenters. The summed E-state index contributed by atoms with van der Waals surface area (Å²) in [5, 5.41) is 9.17. The van der Waals surface area contributed by atoms with Gasteiger partial charge < -0.3 is 10.1 Å². The van der Waals surface area contributed by atoms with E-state index in [9.17, 15) is 9.90 Å². The van der Waals surface area contributed by atoms with Crippen molar-refractivity contribution in [1.82, 2.24) is 9.97 Å². The summed E-state index contributed by atoms with van der Waals surface area (Å²) in [6, 6.07) is 13.1. The molecule has 2 aromatic carbocycles. The number of imidazole rings is 1. The molecule has 0 aliphatic rings. The minimum Gasteiger partial charge on any atom is -0.478 e. The number of aromatic carboxylic acids is 1. The fourth-order valence-corrected chi connectivity index (χ4v) is 2.50. The summed E-state index contributed by atoms with van der Waals surface area (Å²) < 4.78 is 0. The molecule has 0 spiro atoms. The van der Waals surface area contributed by atoms with E-state index in [1.807, 2.05) is 36.6 Å². The van der Waals surface area contributed by atoms with E-state index < -0.39 is 5.97 Å². The second-order valence-electron chi connectivity index (χ2n) is 4.32. The Labute approximate surface area is 119 Å². The topological polar surface area (TPSA) is 66.0 Å². The lowest BCUT2D eigenvalue weighted by molar-refractivity contribution is 0.0699. The van der Waals surface area contributed by atoms with Crippen LogP contribution in [0.2, 0.25) is 0 Å². The van der Waals surface area contributed by atoms with Crippen molar-refractivity contribution in [1.29, 1.82) is 0 Å². The van der Waals surface area contributed by atoms with Crippen LogP contribution < -0.4 is 0 Å². The molecule has 100 valence electrons. The van der Waals surface area contributed by atoms with Crippen molar-refractivity contribution >= 4 is 28.8 Å². The number of H-pyrrole nitrogens is 1. The molecule has 1 heterocycles. The van der Waals surface area contributed by atoms with Crippen molar-refractivity contribution in [3.63, 3.8) is 0 Å². The fourth-order valence-electron chi connectivity index (χ4n) is 2.09. The molecule has 0 unspecified atom stereocenters. The van der Waals surface area contributed by atoms with Gasteiger partial charge >= 0.3 is 5.97 Å². The van der Waals surface area contributed by atoms with Crippen LogP contribution in [-0.4, -0.2) is 27.3 Å². The van der Waals surface area contributed by atoms with Crippen molar-refractivity contribution in [3.8, 4) is 11.4 Å².